The molecular weight excluding hydrogens is 440 g/mol. The highest BCUT2D eigenvalue weighted by molar-refractivity contribution is 6.31. The van der Waals surface area contributed by atoms with Gasteiger partial charge in [-0.3, -0.25) is 14.5 Å². The van der Waals surface area contributed by atoms with Crippen molar-refractivity contribution in [3.8, 4) is 0 Å². The van der Waals surface area contributed by atoms with Gasteiger partial charge in [-0.2, -0.15) is 0 Å². The Morgan fingerprint density at radius 1 is 1.09 bits per heavy atom. The molecule has 2 aromatic carbocycles. The lowest BCUT2D eigenvalue weighted by Gasteiger charge is -2.20. The molecule has 2 heterocycles. The maximum absolute atomic E-state index is 12.6. The van der Waals surface area contributed by atoms with Crippen molar-refractivity contribution >= 4 is 40.3 Å². The SMILES string of the molecule is CC1(C)NC(=O)N(CCCC(=O)NCC(c2ccccc2Cl)c2c[nH]c3ccccc23)C1=O. The summed E-state index contributed by atoms with van der Waals surface area (Å²) in [4.78, 5) is 41.4. The molecule has 8 heteroatoms. The molecule has 0 bridgehead atoms. The second-order valence-electron chi connectivity index (χ2n) is 8.78. The molecule has 4 rings (SSSR count). The van der Waals surface area contributed by atoms with Crippen LogP contribution in [0.15, 0.2) is 54.7 Å². The molecule has 1 saturated heterocycles. The van der Waals surface area contributed by atoms with Crippen molar-refractivity contribution in [1.82, 2.24) is 20.5 Å². The summed E-state index contributed by atoms with van der Waals surface area (Å²) in [7, 11) is 0. The van der Waals surface area contributed by atoms with Gasteiger partial charge in [0.25, 0.3) is 5.91 Å². The summed E-state index contributed by atoms with van der Waals surface area (Å²) in [5, 5.41) is 7.38. The fraction of sp³-hybridized carbons (Fsp3) is 0.320. The van der Waals surface area contributed by atoms with Gasteiger partial charge in [-0.25, -0.2) is 4.79 Å². The Balaban J connectivity index is 1.42. The molecule has 3 N–H and O–H groups in total. The summed E-state index contributed by atoms with van der Waals surface area (Å²) in [6.07, 6.45) is 2.57. The van der Waals surface area contributed by atoms with E-state index < -0.39 is 11.6 Å². The van der Waals surface area contributed by atoms with E-state index in [0.29, 0.717) is 18.0 Å². The Morgan fingerprint density at radius 3 is 2.55 bits per heavy atom. The molecule has 1 fully saturated rings. The van der Waals surface area contributed by atoms with Crippen LogP contribution in [0.4, 0.5) is 4.79 Å². The number of aromatic amines is 1. The fourth-order valence-electron chi connectivity index (χ4n) is 4.25. The number of nitrogens with one attached hydrogen (secondary N) is 3. The van der Waals surface area contributed by atoms with Gasteiger partial charge in [0.05, 0.1) is 0 Å². The third-order valence-electron chi connectivity index (χ3n) is 6.01. The summed E-state index contributed by atoms with van der Waals surface area (Å²) < 4.78 is 0. The van der Waals surface area contributed by atoms with Crippen molar-refractivity contribution in [2.45, 2.75) is 38.1 Å². The number of H-pyrrole nitrogens is 1. The van der Waals surface area contributed by atoms with E-state index in [1.807, 2.05) is 54.7 Å². The van der Waals surface area contributed by atoms with E-state index in [4.69, 9.17) is 11.6 Å². The molecule has 3 aromatic rings. The largest absolute Gasteiger partial charge is 0.361 e. The van der Waals surface area contributed by atoms with E-state index in [9.17, 15) is 14.4 Å². The van der Waals surface area contributed by atoms with Crippen LogP contribution in [0.2, 0.25) is 5.02 Å². The zero-order valence-corrected chi connectivity index (χ0v) is 19.4. The first-order valence-electron chi connectivity index (χ1n) is 11.0. The van der Waals surface area contributed by atoms with E-state index in [1.165, 1.54) is 4.90 Å². The highest BCUT2D eigenvalue weighted by Gasteiger charge is 2.43. The summed E-state index contributed by atoms with van der Waals surface area (Å²) in [5.41, 5.74) is 2.11. The van der Waals surface area contributed by atoms with Crippen LogP contribution in [0.25, 0.3) is 10.9 Å². The molecule has 1 aliphatic rings. The average Bonchev–Trinajstić information content (AvgIpc) is 3.29. The van der Waals surface area contributed by atoms with Gasteiger partial charge in [-0.05, 0) is 43.5 Å². The fourth-order valence-corrected chi connectivity index (χ4v) is 4.52. The first kappa shape index (κ1) is 22.9. The molecule has 0 radical (unpaired) electrons. The second kappa shape index (κ2) is 9.27. The lowest BCUT2D eigenvalue weighted by Crippen LogP contribution is -2.40. The first-order chi connectivity index (χ1) is 15.8. The number of amides is 4. The van der Waals surface area contributed by atoms with Gasteiger partial charge in [-0.15, -0.1) is 0 Å². The minimum absolute atomic E-state index is 0.134. The maximum Gasteiger partial charge on any atom is 0.325 e. The zero-order chi connectivity index (χ0) is 23.6. The van der Waals surface area contributed by atoms with Crippen molar-refractivity contribution in [3.63, 3.8) is 0 Å². The van der Waals surface area contributed by atoms with Crippen LogP contribution in [0.3, 0.4) is 0 Å². The van der Waals surface area contributed by atoms with E-state index in [0.717, 1.165) is 22.0 Å². The smallest absolute Gasteiger partial charge is 0.325 e. The minimum Gasteiger partial charge on any atom is -0.361 e. The van der Waals surface area contributed by atoms with Crippen LogP contribution < -0.4 is 10.6 Å². The van der Waals surface area contributed by atoms with Crippen molar-refractivity contribution < 1.29 is 14.4 Å². The topological polar surface area (TPSA) is 94.3 Å². The highest BCUT2D eigenvalue weighted by atomic mass is 35.5. The lowest BCUT2D eigenvalue weighted by atomic mass is 9.90. The highest BCUT2D eigenvalue weighted by Crippen LogP contribution is 2.34. The Labute approximate surface area is 197 Å². The van der Waals surface area contributed by atoms with E-state index in [1.54, 1.807) is 13.8 Å². The van der Waals surface area contributed by atoms with Crippen LogP contribution in [-0.2, 0) is 9.59 Å². The van der Waals surface area contributed by atoms with Crippen LogP contribution in [-0.4, -0.2) is 46.4 Å². The van der Waals surface area contributed by atoms with Gasteiger partial charge in [0.1, 0.15) is 5.54 Å². The van der Waals surface area contributed by atoms with E-state index >= 15 is 0 Å². The lowest BCUT2D eigenvalue weighted by molar-refractivity contribution is -0.130. The number of benzene rings is 2. The van der Waals surface area contributed by atoms with E-state index in [-0.39, 0.29) is 30.7 Å². The molecule has 7 nitrogen and oxygen atoms in total. The summed E-state index contributed by atoms with van der Waals surface area (Å²) >= 11 is 6.51. The van der Waals surface area contributed by atoms with Gasteiger partial charge in [0.2, 0.25) is 5.91 Å². The predicted molar refractivity (Wildman–Crippen MR) is 128 cm³/mol. The van der Waals surface area contributed by atoms with Gasteiger partial charge >= 0.3 is 6.03 Å². The number of nitrogens with zero attached hydrogens (tertiary/aromatic N) is 1. The van der Waals surface area contributed by atoms with Crippen LogP contribution in [0, 0.1) is 0 Å². The molecule has 4 amide bonds. The molecular formula is C25H27ClN4O3. The third-order valence-corrected chi connectivity index (χ3v) is 6.35. The van der Waals surface area contributed by atoms with Crippen LogP contribution in [0.5, 0.6) is 0 Å². The Bertz CT molecular complexity index is 1200. The molecule has 0 aliphatic carbocycles. The number of carbonyl (C=O) groups excluding carboxylic acids is 3. The number of hydrogen-bond acceptors (Lipinski definition) is 3. The molecule has 33 heavy (non-hydrogen) atoms. The zero-order valence-electron chi connectivity index (χ0n) is 18.7. The van der Waals surface area contributed by atoms with Gasteiger partial charge in [-0.1, -0.05) is 48.0 Å². The van der Waals surface area contributed by atoms with Crippen molar-refractivity contribution in [3.05, 3.63) is 70.9 Å². The van der Waals surface area contributed by atoms with E-state index in [2.05, 4.69) is 15.6 Å². The Morgan fingerprint density at radius 2 is 1.82 bits per heavy atom. The number of fused-ring (bicyclic) bond motifs is 1. The van der Waals surface area contributed by atoms with Gasteiger partial charge in [0.15, 0.2) is 0 Å². The molecule has 1 aromatic heterocycles. The third kappa shape index (κ3) is 4.73. The number of rotatable bonds is 8. The van der Waals surface area contributed by atoms with Gasteiger partial charge in [0, 0.05) is 47.6 Å². The van der Waals surface area contributed by atoms with Crippen LogP contribution in [0.1, 0.15) is 43.7 Å². The maximum atomic E-state index is 12.6. The van der Waals surface area contributed by atoms with Crippen molar-refractivity contribution in [2.24, 2.45) is 0 Å². The molecule has 1 atom stereocenters. The number of hydrogen-bond donors (Lipinski definition) is 3. The second-order valence-corrected chi connectivity index (χ2v) is 9.19. The molecule has 1 unspecified atom stereocenters. The monoisotopic (exact) mass is 466 g/mol. The van der Waals surface area contributed by atoms with Crippen molar-refractivity contribution in [2.75, 3.05) is 13.1 Å². The average molecular weight is 467 g/mol. The minimum atomic E-state index is -0.902. The Kier molecular flexibility index (Phi) is 6.42. The number of carbonyl (C=O) groups is 3. The Hall–Kier alpha value is -3.32. The molecule has 0 spiro atoms. The summed E-state index contributed by atoms with van der Waals surface area (Å²) in [6.45, 7) is 3.91. The molecule has 0 saturated carbocycles. The number of para-hydroxylation sites is 1. The van der Waals surface area contributed by atoms with Gasteiger partial charge < -0.3 is 15.6 Å². The van der Waals surface area contributed by atoms with Crippen LogP contribution >= 0.6 is 11.6 Å². The molecule has 1 aliphatic heterocycles. The van der Waals surface area contributed by atoms with Crippen molar-refractivity contribution in [1.29, 1.82) is 0 Å². The normalized spacial score (nSPS) is 16.2. The number of imide groups is 1. The number of aromatic nitrogens is 1. The standard InChI is InChI=1S/C25H27ClN4O3/c1-25(2)23(32)30(24(33)29-25)13-7-12-22(31)28-15-18(16-8-3-5-10-20(16)26)19-14-27-21-11-6-4-9-17(19)21/h3-6,8-11,14,18,27H,7,12-13,15H2,1-2H3,(H,28,31)(H,29,33). The quantitative estimate of drug-likeness (QED) is 0.435. The number of urea groups is 1. The first-order valence-corrected chi connectivity index (χ1v) is 11.4. The summed E-state index contributed by atoms with van der Waals surface area (Å²) in [6, 6.07) is 15.2. The molecule has 172 valence electrons. The predicted octanol–water partition coefficient (Wildman–Crippen LogP) is 4.18. The number of halogens is 1. The summed E-state index contributed by atoms with van der Waals surface area (Å²) in [5.74, 6) is -0.547.